The molecule has 0 bridgehead atoms. The number of carbonyl (C=O) groups is 1. The van der Waals surface area contributed by atoms with Crippen LogP contribution in [0, 0.1) is 0 Å². The molecule has 1 amide bonds. The number of amides is 1. The van der Waals surface area contributed by atoms with Crippen molar-refractivity contribution in [3.8, 4) is 0 Å². The number of rotatable bonds is 6. The number of ether oxygens (including phenoxy) is 1. The van der Waals surface area contributed by atoms with Gasteiger partial charge in [-0.15, -0.1) is 0 Å². The van der Waals surface area contributed by atoms with Crippen LogP contribution in [0.25, 0.3) is 11.0 Å². The number of imidazole rings is 1. The summed E-state index contributed by atoms with van der Waals surface area (Å²) in [6.07, 6.45) is 0. The molecule has 6 heteroatoms. The van der Waals surface area contributed by atoms with Crippen LogP contribution in [0.2, 0.25) is 5.28 Å². The minimum atomic E-state index is -0.133. The smallest absolute Gasteiger partial charge is 0.251 e. The fourth-order valence-electron chi connectivity index (χ4n) is 2.18. The third kappa shape index (κ3) is 3.54. The van der Waals surface area contributed by atoms with E-state index >= 15 is 0 Å². The van der Waals surface area contributed by atoms with Crippen molar-refractivity contribution in [1.82, 2.24) is 14.9 Å². The first-order chi connectivity index (χ1) is 10.0. The molecule has 1 N–H and O–H groups in total. The van der Waals surface area contributed by atoms with Gasteiger partial charge in [0.05, 0.1) is 17.6 Å². The lowest BCUT2D eigenvalue weighted by Gasteiger charge is -2.09. The highest BCUT2D eigenvalue weighted by Crippen LogP contribution is 2.24. The fourth-order valence-corrected chi connectivity index (χ4v) is 2.56. The van der Waals surface area contributed by atoms with Gasteiger partial charge in [-0.1, -0.05) is 0 Å². The number of carbonyl (C=O) groups excluding carboxylic acids is 1. The van der Waals surface area contributed by atoms with Gasteiger partial charge in [-0.3, -0.25) is 4.79 Å². The summed E-state index contributed by atoms with van der Waals surface area (Å²) in [4.78, 5) is 16.4. The number of fused-ring (bicyclic) bond motifs is 1. The Balaban J connectivity index is 2.18. The maximum absolute atomic E-state index is 12.0. The van der Waals surface area contributed by atoms with Crippen LogP contribution in [0.15, 0.2) is 18.2 Å². The SMILES string of the molecule is CCOCCNC(=O)c1ccc2c(c1)nc(Cl)n2C(C)C. The molecule has 0 aliphatic rings. The molecule has 0 aliphatic heterocycles. The molecule has 0 saturated heterocycles. The largest absolute Gasteiger partial charge is 0.380 e. The summed E-state index contributed by atoms with van der Waals surface area (Å²) in [6, 6.07) is 5.64. The average Bonchev–Trinajstić information content (AvgIpc) is 2.78. The molecule has 5 nitrogen and oxygen atoms in total. The van der Waals surface area contributed by atoms with E-state index in [0.29, 0.717) is 30.6 Å². The average molecular weight is 310 g/mol. The van der Waals surface area contributed by atoms with Crippen LogP contribution < -0.4 is 5.32 Å². The van der Waals surface area contributed by atoms with Crippen LogP contribution in [0.3, 0.4) is 0 Å². The van der Waals surface area contributed by atoms with E-state index in [4.69, 9.17) is 16.3 Å². The zero-order valence-corrected chi connectivity index (χ0v) is 13.3. The maximum Gasteiger partial charge on any atom is 0.251 e. The Morgan fingerprint density at radius 1 is 1.48 bits per heavy atom. The first-order valence-corrected chi connectivity index (χ1v) is 7.45. The molecule has 1 heterocycles. The van der Waals surface area contributed by atoms with Gasteiger partial charge >= 0.3 is 0 Å². The number of nitrogens with one attached hydrogen (secondary N) is 1. The summed E-state index contributed by atoms with van der Waals surface area (Å²) < 4.78 is 7.13. The van der Waals surface area contributed by atoms with E-state index in [1.807, 2.05) is 31.4 Å². The van der Waals surface area contributed by atoms with E-state index in [-0.39, 0.29) is 11.9 Å². The Morgan fingerprint density at radius 2 is 2.24 bits per heavy atom. The first kappa shape index (κ1) is 15.8. The van der Waals surface area contributed by atoms with Crippen LogP contribution in [0.5, 0.6) is 0 Å². The van der Waals surface area contributed by atoms with Crippen molar-refractivity contribution in [3.05, 3.63) is 29.0 Å². The standard InChI is InChI=1S/C15H20ClN3O2/c1-4-21-8-7-17-14(20)11-5-6-13-12(9-11)18-15(16)19(13)10(2)3/h5-6,9-10H,4,7-8H2,1-3H3,(H,17,20). The second-order valence-corrected chi connectivity index (χ2v) is 5.34. The molecular weight excluding hydrogens is 290 g/mol. The van der Waals surface area contributed by atoms with Crippen LogP contribution >= 0.6 is 11.6 Å². The van der Waals surface area contributed by atoms with Gasteiger partial charge in [-0.05, 0) is 50.6 Å². The van der Waals surface area contributed by atoms with Crippen molar-refractivity contribution in [2.45, 2.75) is 26.8 Å². The second-order valence-electron chi connectivity index (χ2n) is 5.00. The monoisotopic (exact) mass is 309 g/mol. The van der Waals surface area contributed by atoms with Gasteiger partial charge in [0, 0.05) is 24.8 Å². The van der Waals surface area contributed by atoms with E-state index < -0.39 is 0 Å². The van der Waals surface area contributed by atoms with Gasteiger partial charge in [0.25, 0.3) is 5.91 Å². The van der Waals surface area contributed by atoms with Crippen LogP contribution in [-0.2, 0) is 4.74 Å². The highest BCUT2D eigenvalue weighted by Gasteiger charge is 2.13. The Labute approximate surface area is 129 Å². The highest BCUT2D eigenvalue weighted by atomic mass is 35.5. The van der Waals surface area contributed by atoms with Gasteiger partial charge in [0.1, 0.15) is 0 Å². The normalized spacial score (nSPS) is 11.3. The minimum Gasteiger partial charge on any atom is -0.380 e. The highest BCUT2D eigenvalue weighted by molar-refractivity contribution is 6.29. The Bertz CT molecular complexity index is 637. The van der Waals surface area contributed by atoms with E-state index in [1.165, 1.54) is 0 Å². The quantitative estimate of drug-likeness (QED) is 0.834. The molecule has 1 aromatic carbocycles. The Morgan fingerprint density at radius 3 is 2.90 bits per heavy atom. The fraction of sp³-hybridized carbons (Fsp3) is 0.467. The van der Waals surface area contributed by atoms with Crippen molar-refractivity contribution in [2.75, 3.05) is 19.8 Å². The molecule has 114 valence electrons. The molecule has 0 spiro atoms. The number of nitrogens with zero attached hydrogens (tertiary/aromatic N) is 2. The molecule has 2 aromatic rings. The molecule has 0 radical (unpaired) electrons. The third-order valence-corrected chi connectivity index (χ3v) is 3.43. The summed E-state index contributed by atoms with van der Waals surface area (Å²) in [5.41, 5.74) is 2.23. The van der Waals surface area contributed by atoms with Gasteiger partial charge < -0.3 is 14.6 Å². The molecule has 0 unspecified atom stereocenters. The van der Waals surface area contributed by atoms with Crippen molar-refractivity contribution in [3.63, 3.8) is 0 Å². The molecule has 21 heavy (non-hydrogen) atoms. The number of hydrogen-bond donors (Lipinski definition) is 1. The predicted octanol–water partition coefficient (Wildman–Crippen LogP) is 3.04. The maximum atomic E-state index is 12.0. The Hall–Kier alpha value is -1.59. The summed E-state index contributed by atoms with van der Waals surface area (Å²) in [6.45, 7) is 7.66. The molecule has 0 atom stereocenters. The minimum absolute atomic E-state index is 0.133. The van der Waals surface area contributed by atoms with E-state index in [2.05, 4.69) is 10.3 Å². The number of aromatic nitrogens is 2. The Kier molecular flexibility index (Phi) is 5.20. The third-order valence-electron chi connectivity index (χ3n) is 3.16. The molecule has 0 fully saturated rings. The molecular formula is C15H20ClN3O2. The van der Waals surface area contributed by atoms with E-state index in [9.17, 15) is 4.79 Å². The molecule has 2 rings (SSSR count). The summed E-state index contributed by atoms with van der Waals surface area (Å²) in [5, 5.41) is 3.25. The number of halogens is 1. The number of benzene rings is 1. The van der Waals surface area contributed by atoms with E-state index in [0.717, 1.165) is 11.0 Å². The van der Waals surface area contributed by atoms with Crippen molar-refractivity contribution in [1.29, 1.82) is 0 Å². The van der Waals surface area contributed by atoms with Crippen molar-refractivity contribution < 1.29 is 9.53 Å². The topological polar surface area (TPSA) is 56.1 Å². The predicted molar refractivity (Wildman–Crippen MR) is 84.0 cm³/mol. The first-order valence-electron chi connectivity index (χ1n) is 7.08. The van der Waals surface area contributed by atoms with E-state index in [1.54, 1.807) is 12.1 Å². The number of hydrogen-bond acceptors (Lipinski definition) is 3. The zero-order valence-electron chi connectivity index (χ0n) is 12.5. The lowest BCUT2D eigenvalue weighted by Crippen LogP contribution is -2.27. The van der Waals surface area contributed by atoms with Gasteiger partial charge in [-0.25, -0.2) is 4.98 Å². The van der Waals surface area contributed by atoms with Crippen LogP contribution in [-0.4, -0.2) is 35.2 Å². The lowest BCUT2D eigenvalue weighted by atomic mass is 10.2. The summed E-state index contributed by atoms with van der Waals surface area (Å²) >= 11 is 6.15. The van der Waals surface area contributed by atoms with Crippen molar-refractivity contribution in [2.24, 2.45) is 0 Å². The van der Waals surface area contributed by atoms with Crippen LogP contribution in [0.1, 0.15) is 37.2 Å². The van der Waals surface area contributed by atoms with Gasteiger partial charge in [0.2, 0.25) is 5.28 Å². The summed E-state index contributed by atoms with van der Waals surface area (Å²) in [5.74, 6) is -0.133. The van der Waals surface area contributed by atoms with Crippen LogP contribution in [0.4, 0.5) is 0 Å². The second kappa shape index (κ2) is 6.91. The lowest BCUT2D eigenvalue weighted by molar-refractivity contribution is 0.0922. The zero-order chi connectivity index (χ0) is 15.4. The van der Waals surface area contributed by atoms with Gasteiger partial charge in [0.15, 0.2) is 0 Å². The van der Waals surface area contributed by atoms with Gasteiger partial charge in [-0.2, -0.15) is 0 Å². The van der Waals surface area contributed by atoms with Crippen molar-refractivity contribution >= 4 is 28.5 Å². The molecule has 0 aliphatic carbocycles. The molecule has 0 saturated carbocycles. The molecule has 1 aromatic heterocycles. The summed E-state index contributed by atoms with van der Waals surface area (Å²) in [7, 11) is 0.